The van der Waals surface area contributed by atoms with E-state index in [1.54, 1.807) is 11.1 Å². The van der Waals surface area contributed by atoms with Gasteiger partial charge in [0.15, 0.2) is 5.76 Å². The van der Waals surface area contributed by atoms with Crippen molar-refractivity contribution in [2.75, 3.05) is 26.7 Å². The molecule has 0 N–H and O–H groups in total. The largest absolute Gasteiger partial charge is 0.451 e. The molecular formula is C25H29N3O3. The topological polar surface area (TPSA) is 66.7 Å². The van der Waals surface area contributed by atoms with Gasteiger partial charge in [-0.15, -0.1) is 0 Å². The minimum absolute atomic E-state index is 0.0558. The molecule has 2 amide bonds. The van der Waals surface area contributed by atoms with Crippen molar-refractivity contribution in [3.63, 3.8) is 0 Å². The SMILES string of the molecule is CN(CCc1ccccn1)C(=O)CC[C@H]1CCCN(C(=O)c2cc3ccccc3o2)C1. The third-order valence-electron chi connectivity index (χ3n) is 6.06. The number of fused-ring (bicyclic) bond motifs is 1. The molecule has 0 spiro atoms. The molecule has 1 aliphatic heterocycles. The molecule has 0 aliphatic carbocycles. The fourth-order valence-corrected chi connectivity index (χ4v) is 4.20. The lowest BCUT2D eigenvalue weighted by Crippen LogP contribution is -2.40. The van der Waals surface area contributed by atoms with Crippen molar-refractivity contribution in [2.45, 2.75) is 32.1 Å². The maximum atomic E-state index is 12.9. The quantitative estimate of drug-likeness (QED) is 0.577. The van der Waals surface area contributed by atoms with Crippen LogP contribution in [0.2, 0.25) is 0 Å². The maximum Gasteiger partial charge on any atom is 0.289 e. The number of pyridine rings is 1. The molecule has 0 saturated carbocycles. The number of nitrogens with zero attached hydrogens (tertiary/aromatic N) is 3. The smallest absolute Gasteiger partial charge is 0.289 e. The number of hydrogen-bond acceptors (Lipinski definition) is 4. The Bertz CT molecular complexity index is 998. The first kappa shape index (κ1) is 21.1. The number of carbonyl (C=O) groups excluding carboxylic acids is 2. The average Bonchev–Trinajstić information content (AvgIpc) is 3.25. The van der Waals surface area contributed by atoms with Crippen LogP contribution >= 0.6 is 0 Å². The Morgan fingerprint density at radius 3 is 2.84 bits per heavy atom. The molecule has 6 nitrogen and oxygen atoms in total. The van der Waals surface area contributed by atoms with E-state index in [1.807, 2.05) is 60.5 Å². The molecule has 6 heteroatoms. The standard InChI is InChI=1S/C25H29N3O3/c1-27(16-13-21-9-4-5-14-26-21)24(29)12-11-19-7-6-15-28(18-19)25(30)23-17-20-8-2-3-10-22(20)31-23/h2-5,8-10,14,17,19H,6-7,11-13,15-16,18H2,1H3/t19-/m1/s1. The van der Waals surface area contributed by atoms with Crippen LogP contribution in [0.3, 0.4) is 0 Å². The van der Waals surface area contributed by atoms with Crippen molar-refractivity contribution in [3.8, 4) is 0 Å². The predicted octanol–water partition coefficient (Wildman–Crippen LogP) is 4.16. The second kappa shape index (κ2) is 9.77. The van der Waals surface area contributed by atoms with E-state index in [0.29, 0.717) is 31.2 Å². The van der Waals surface area contributed by atoms with Crippen LogP contribution in [0, 0.1) is 5.92 Å². The highest BCUT2D eigenvalue weighted by Gasteiger charge is 2.27. The van der Waals surface area contributed by atoms with E-state index >= 15 is 0 Å². The third kappa shape index (κ3) is 5.32. The zero-order chi connectivity index (χ0) is 21.6. The highest BCUT2D eigenvalue weighted by atomic mass is 16.3. The minimum atomic E-state index is -0.0558. The summed E-state index contributed by atoms with van der Waals surface area (Å²) in [5, 5.41) is 0.943. The van der Waals surface area contributed by atoms with Crippen molar-refractivity contribution in [2.24, 2.45) is 5.92 Å². The molecule has 4 rings (SSSR count). The summed E-state index contributed by atoms with van der Waals surface area (Å²) in [5.41, 5.74) is 1.73. The van der Waals surface area contributed by atoms with Gasteiger partial charge in [0.05, 0.1) is 0 Å². The summed E-state index contributed by atoms with van der Waals surface area (Å²) in [5.74, 6) is 0.832. The first-order valence-corrected chi connectivity index (χ1v) is 11.0. The Morgan fingerprint density at radius 2 is 2.03 bits per heavy atom. The Kier molecular flexibility index (Phi) is 6.65. The molecule has 1 fully saturated rings. The molecule has 3 aromatic rings. The molecule has 0 unspecified atom stereocenters. The van der Waals surface area contributed by atoms with E-state index in [0.717, 1.165) is 48.9 Å². The molecule has 0 radical (unpaired) electrons. The van der Waals surface area contributed by atoms with Crippen LogP contribution in [0.25, 0.3) is 11.0 Å². The fourth-order valence-electron chi connectivity index (χ4n) is 4.20. The molecule has 1 aromatic carbocycles. The number of hydrogen-bond donors (Lipinski definition) is 0. The number of furan rings is 1. The van der Waals surface area contributed by atoms with E-state index in [1.165, 1.54) is 0 Å². The van der Waals surface area contributed by atoms with E-state index in [9.17, 15) is 9.59 Å². The van der Waals surface area contributed by atoms with Crippen LogP contribution in [0.15, 0.2) is 59.1 Å². The van der Waals surface area contributed by atoms with Crippen LogP contribution in [0.5, 0.6) is 0 Å². The molecular weight excluding hydrogens is 390 g/mol. The van der Waals surface area contributed by atoms with Crippen LogP contribution in [-0.4, -0.2) is 53.3 Å². The number of likely N-dealkylation sites (tertiary alicyclic amines) is 1. The monoisotopic (exact) mass is 419 g/mol. The van der Waals surface area contributed by atoms with Gasteiger partial charge in [-0.05, 0) is 49.4 Å². The molecule has 162 valence electrons. The number of benzene rings is 1. The summed E-state index contributed by atoms with van der Waals surface area (Å²) in [6, 6.07) is 15.3. The summed E-state index contributed by atoms with van der Waals surface area (Å²) in [6.45, 7) is 2.09. The minimum Gasteiger partial charge on any atom is -0.451 e. The molecule has 1 aliphatic rings. The van der Waals surface area contributed by atoms with Crippen molar-refractivity contribution in [1.29, 1.82) is 0 Å². The number of para-hydroxylation sites is 1. The second-order valence-electron chi connectivity index (χ2n) is 8.33. The summed E-state index contributed by atoms with van der Waals surface area (Å²) in [7, 11) is 1.85. The molecule has 1 saturated heterocycles. The molecule has 31 heavy (non-hydrogen) atoms. The lowest BCUT2D eigenvalue weighted by Gasteiger charge is -2.32. The van der Waals surface area contributed by atoms with Crippen molar-refractivity contribution in [1.82, 2.24) is 14.8 Å². The van der Waals surface area contributed by atoms with Gasteiger partial charge in [0.1, 0.15) is 5.58 Å². The second-order valence-corrected chi connectivity index (χ2v) is 8.33. The highest BCUT2D eigenvalue weighted by Crippen LogP contribution is 2.25. The summed E-state index contributed by atoms with van der Waals surface area (Å²) in [6.07, 6.45) is 5.85. The maximum absolute atomic E-state index is 12.9. The van der Waals surface area contributed by atoms with Crippen molar-refractivity contribution >= 4 is 22.8 Å². The van der Waals surface area contributed by atoms with Crippen LogP contribution in [-0.2, 0) is 11.2 Å². The Balaban J connectivity index is 1.26. The van der Waals surface area contributed by atoms with E-state index < -0.39 is 0 Å². The van der Waals surface area contributed by atoms with E-state index in [2.05, 4.69) is 4.98 Å². The number of piperidine rings is 1. The van der Waals surface area contributed by atoms with Crippen LogP contribution < -0.4 is 0 Å². The first-order valence-electron chi connectivity index (χ1n) is 11.0. The van der Waals surface area contributed by atoms with Gasteiger partial charge in [0, 0.05) is 56.8 Å². The first-order chi connectivity index (χ1) is 15.1. The fraction of sp³-hybridized carbons (Fsp3) is 0.400. The third-order valence-corrected chi connectivity index (χ3v) is 6.06. The normalized spacial score (nSPS) is 16.4. The molecule has 2 aromatic heterocycles. The zero-order valence-corrected chi connectivity index (χ0v) is 18.0. The van der Waals surface area contributed by atoms with E-state index in [4.69, 9.17) is 4.42 Å². The van der Waals surface area contributed by atoms with Gasteiger partial charge in [-0.2, -0.15) is 0 Å². The van der Waals surface area contributed by atoms with Gasteiger partial charge in [0.25, 0.3) is 5.91 Å². The van der Waals surface area contributed by atoms with Gasteiger partial charge in [0.2, 0.25) is 5.91 Å². The average molecular weight is 420 g/mol. The predicted molar refractivity (Wildman–Crippen MR) is 120 cm³/mol. The van der Waals surface area contributed by atoms with Crippen LogP contribution in [0.1, 0.15) is 41.9 Å². The number of likely N-dealkylation sites (N-methyl/N-ethyl adjacent to an activating group) is 1. The Morgan fingerprint density at radius 1 is 1.19 bits per heavy atom. The molecule has 3 heterocycles. The van der Waals surface area contributed by atoms with Gasteiger partial charge >= 0.3 is 0 Å². The Hall–Kier alpha value is -3.15. The van der Waals surface area contributed by atoms with Gasteiger partial charge < -0.3 is 14.2 Å². The summed E-state index contributed by atoms with van der Waals surface area (Å²) in [4.78, 5) is 33.5. The number of amides is 2. The zero-order valence-electron chi connectivity index (χ0n) is 18.0. The lowest BCUT2D eigenvalue weighted by atomic mass is 9.93. The summed E-state index contributed by atoms with van der Waals surface area (Å²) >= 11 is 0. The number of rotatable bonds is 7. The van der Waals surface area contributed by atoms with E-state index in [-0.39, 0.29) is 11.8 Å². The van der Waals surface area contributed by atoms with Gasteiger partial charge in [-0.3, -0.25) is 14.6 Å². The Labute approximate surface area is 182 Å². The van der Waals surface area contributed by atoms with Gasteiger partial charge in [-0.1, -0.05) is 24.3 Å². The van der Waals surface area contributed by atoms with Crippen molar-refractivity contribution < 1.29 is 14.0 Å². The summed E-state index contributed by atoms with van der Waals surface area (Å²) < 4.78 is 5.75. The van der Waals surface area contributed by atoms with Crippen LogP contribution in [0.4, 0.5) is 0 Å². The van der Waals surface area contributed by atoms with Crippen molar-refractivity contribution in [3.05, 3.63) is 66.2 Å². The molecule has 1 atom stereocenters. The van der Waals surface area contributed by atoms with Gasteiger partial charge in [-0.25, -0.2) is 0 Å². The highest BCUT2D eigenvalue weighted by molar-refractivity contribution is 5.96. The number of aromatic nitrogens is 1. The lowest BCUT2D eigenvalue weighted by molar-refractivity contribution is -0.130. The molecule has 0 bridgehead atoms. The number of carbonyl (C=O) groups is 2.